The number of carbonyl (C=O) groups is 2. The molecule has 5 heteroatoms. The molecule has 1 aromatic rings. The number of hydrogen-bond donors (Lipinski definition) is 1. The van der Waals surface area contributed by atoms with Gasteiger partial charge in [-0.05, 0) is 50.7 Å². The summed E-state index contributed by atoms with van der Waals surface area (Å²) in [5.41, 5.74) is 3.04. The Bertz CT molecular complexity index is 844. The minimum Gasteiger partial charge on any atom is -0.463 e. The van der Waals surface area contributed by atoms with Gasteiger partial charge in [0.15, 0.2) is 5.78 Å². The number of allylic oxidation sites excluding steroid dienone is 3. The van der Waals surface area contributed by atoms with Crippen LogP contribution in [0.3, 0.4) is 0 Å². The Balaban J connectivity index is 2.08. The average molecular weight is 402 g/mol. The maximum Gasteiger partial charge on any atom is 0.336 e. The summed E-state index contributed by atoms with van der Waals surface area (Å²) in [6, 6.07) is 4.24. The number of esters is 1. The molecule has 28 heavy (non-hydrogen) atoms. The van der Waals surface area contributed by atoms with Crippen LogP contribution in [0.5, 0.6) is 0 Å². The molecule has 1 aliphatic carbocycles. The zero-order valence-electron chi connectivity index (χ0n) is 17.6. The second-order valence-electron chi connectivity index (χ2n) is 8.56. The van der Waals surface area contributed by atoms with Gasteiger partial charge in [-0.15, -0.1) is 11.3 Å². The Hall–Kier alpha value is -1.88. The van der Waals surface area contributed by atoms with Gasteiger partial charge in [-0.25, -0.2) is 4.79 Å². The van der Waals surface area contributed by atoms with E-state index in [1.54, 1.807) is 11.3 Å². The molecular weight excluding hydrogens is 370 g/mol. The molecule has 3 rings (SSSR count). The predicted molar refractivity (Wildman–Crippen MR) is 113 cm³/mol. The van der Waals surface area contributed by atoms with E-state index in [1.807, 2.05) is 13.8 Å². The van der Waals surface area contributed by atoms with Crippen molar-refractivity contribution in [3.05, 3.63) is 44.4 Å². The lowest BCUT2D eigenvalue weighted by atomic mass is 9.70. The van der Waals surface area contributed by atoms with E-state index in [2.05, 4.69) is 38.2 Å². The highest BCUT2D eigenvalue weighted by molar-refractivity contribution is 7.12. The van der Waals surface area contributed by atoms with E-state index in [4.69, 9.17) is 4.74 Å². The van der Waals surface area contributed by atoms with E-state index in [1.165, 1.54) is 4.88 Å². The first kappa shape index (κ1) is 20.8. The number of ketones is 1. The Labute approximate surface area is 172 Å². The van der Waals surface area contributed by atoms with Crippen LogP contribution >= 0.6 is 11.3 Å². The Morgan fingerprint density at radius 1 is 1.29 bits per heavy atom. The highest BCUT2D eigenvalue weighted by atomic mass is 32.1. The zero-order chi connectivity index (χ0) is 20.5. The maximum absolute atomic E-state index is 13.2. The van der Waals surface area contributed by atoms with Gasteiger partial charge in [-0.1, -0.05) is 27.2 Å². The topological polar surface area (TPSA) is 55.4 Å². The van der Waals surface area contributed by atoms with E-state index < -0.39 is 0 Å². The summed E-state index contributed by atoms with van der Waals surface area (Å²) >= 11 is 1.72. The molecule has 4 nitrogen and oxygen atoms in total. The number of unbranched alkanes of at least 4 members (excludes halogenated alkanes) is 1. The normalized spacial score (nSPS) is 21.5. The predicted octanol–water partition coefficient (Wildman–Crippen LogP) is 5.26. The van der Waals surface area contributed by atoms with E-state index in [9.17, 15) is 9.59 Å². The monoisotopic (exact) mass is 401 g/mol. The standard InChI is InChI=1S/C23H31NO3S/c1-6-8-9-15-10-11-18(28-15)21-19(22(26)27-7-2)14(3)24-16-12-23(4,5)13-17(25)20(16)21/h10-11,21,24H,6-9,12-13H2,1-5H3/t21-/m1/s1. The number of aryl methyl sites for hydroxylation is 1. The van der Waals surface area contributed by atoms with Crippen LogP contribution in [0.4, 0.5) is 0 Å². The van der Waals surface area contributed by atoms with Crippen LogP contribution in [0.15, 0.2) is 34.7 Å². The van der Waals surface area contributed by atoms with Gasteiger partial charge in [0.2, 0.25) is 0 Å². The molecule has 152 valence electrons. The first-order chi connectivity index (χ1) is 13.3. The molecule has 0 amide bonds. The number of dihydropyridines is 1. The van der Waals surface area contributed by atoms with Crippen molar-refractivity contribution in [1.82, 2.24) is 5.32 Å². The van der Waals surface area contributed by atoms with Gasteiger partial charge < -0.3 is 10.1 Å². The van der Waals surface area contributed by atoms with Crippen molar-refractivity contribution in [2.24, 2.45) is 5.41 Å². The molecule has 0 fully saturated rings. The van der Waals surface area contributed by atoms with Gasteiger partial charge in [-0.2, -0.15) is 0 Å². The van der Waals surface area contributed by atoms with Crippen LogP contribution in [-0.4, -0.2) is 18.4 Å². The van der Waals surface area contributed by atoms with Gasteiger partial charge in [0, 0.05) is 33.1 Å². The first-order valence-corrected chi connectivity index (χ1v) is 11.1. The van der Waals surface area contributed by atoms with Gasteiger partial charge in [0.25, 0.3) is 0 Å². The third-order valence-corrected chi connectivity index (χ3v) is 6.69. The summed E-state index contributed by atoms with van der Waals surface area (Å²) in [5, 5.41) is 3.38. The number of carbonyl (C=O) groups excluding carboxylic acids is 2. The molecule has 1 atom stereocenters. The number of hydrogen-bond acceptors (Lipinski definition) is 5. The summed E-state index contributed by atoms with van der Waals surface area (Å²) in [6.07, 6.45) is 4.65. The van der Waals surface area contributed by atoms with Crippen LogP contribution < -0.4 is 5.32 Å². The third-order valence-electron chi connectivity index (χ3n) is 5.48. The van der Waals surface area contributed by atoms with Crippen LogP contribution in [-0.2, 0) is 20.7 Å². The summed E-state index contributed by atoms with van der Waals surface area (Å²) in [5.74, 6) is -0.508. The zero-order valence-corrected chi connectivity index (χ0v) is 18.4. The van der Waals surface area contributed by atoms with Gasteiger partial charge in [-0.3, -0.25) is 4.79 Å². The van der Waals surface area contributed by atoms with Gasteiger partial charge in [0.05, 0.1) is 18.1 Å². The molecule has 1 N–H and O–H groups in total. The molecule has 0 spiro atoms. The molecular formula is C23H31NO3S. The molecule has 1 aliphatic heterocycles. The van der Waals surface area contributed by atoms with Crippen molar-refractivity contribution >= 4 is 23.1 Å². The first-order valence-electron chi connectivity index (χ1n) is 10.3. The van der Waals surface area contributed by atoms with E-state index in [0.29, 0.717) is 18.6 Å². The summed E-state index contributed by atoms with van der Waals surface area (Å²) in [6.45, 7) is 10.5. The maximum atomic E-state index is 13.2. The van der Waals surface area contributed by atoms with Crippen molar-refractivity contribution in [1.29, 1.82) is 0 Å². The van der Waals surface area contributed by atoms with Crippen LogP contribution in [0.2, 0.25) is 0 Å². The van der Waals surface area contributed by atoms with Crippen LogP contribution in [0.1, 0.15) is 76.0 Å². The van der Waals surface area contributed by atoms with Crippen molar-refractivity contribution in [3.63, 3.8) is 0 Å². The molecule has 0 saturated heterocycles. The van der Waals surface area contributed by atoms with E-state index in [-0.39, 0.29) is 23.1 Å². The molecule has 1 aromatic heterocycles. The fourth-order valence-electron chi connectivity index (χ4n) is 4.24. The second kappa shape index (κ2) is 8.24. The smallest absolute Gasteiger partial charge is 0.336 e. The quantitative estimate of drug-likeness (QED) is 0.661. The molecule has 2 aliphatic rings. The number of thiophene rings is 1. The lowest BCUT2D eigenvalue weighted by Crippen LogP contribution is -2.38. The number of rotatable bonds is 6. The average Bonchev–Trinajstić information content (AvgIpc) is 3.06. The van der Waals surface area contributed by atoms with Crippen molar-refractivity contribution in [2.75, 3.05) is 6.61 Å². The third kappa shape index (κ3) is 4.09. The second-order valence-corrected chi connectivity index (χ2v) is 9.76. The lowest BCUT2D eigenvalue weighted by Gasteiger charge is -2.39. The minimum absolute atomic E-state index is 0.0725. The summed E-state index contributed by atoms with van der Waals surface area (Å²) in [4.78, 5) is 28.4. The van der Waals surface area contributed by atoms with E-state index >= 15 is 0 Å². The van der Waals surface area contributed by atoms with Gasteiger partial charge >= 0.3 is 5.97 Å². The number of ether oxygens (including phenoxy) is 1. The highest BCUT2D eigenvalue weighted by Gasteiger charge is 2.43. The highest BCUT2D eigenvalue weighted by Crippen LogP contribution is 2.48. The molecule has 0 aromatic carbocycles. The Morgan fingerprint density at radius 2 is 2.04 bits per heavy atom. The number of Topliss-reactive ketones (excluding diaryl/α,β-unsaturated/α-hetero) is 1. The number of nitrogens with one attached hydrogen (secondary N) is 1. The molecule has 0 saturated carbocycles. The lowest BCUT2D eigenvalue weighted by molar-refractivity contribution is -0.138. The van der Waals surface area contributed by atoms with Crippen molar-refractivity contribution < 1.29 is 14.3 Å². The van der Waals surface area contributed by atoms with E-state index in [0.717, 1.165) is 47.5 Å². The molecule has 0 radical (unpaired) electrons. The SMILES string of the molecule is CCCCc1ccc([C@@H]2C(C(=O)OCC)=C(C)NC3=C2C(=O)CC(C)(C)C3)s1. The largest absolute Gasteiger partial charge is 0.463 e. The fourth-order valence-corrected chi connectivity index (χ4v) is 5.41. The molecule has 0 bridgehead atoms. The Morgan fingerprint density at radius 3 is 2.71 bits per heavy atom. The van der Waals surface area contributed by atoms with Crippen LogP contribution in [0, 0.1) is 5.41 Å². The fraction of sp³-hybridized carbons (Fsp3) is 0.565. The van der Waals surface area contributed by atoms with Crippen molar-refractivity contribution in [3.8, 4) is 0 Å². The van der Waals surface area contributed by atoms with Crippen LogP contribution in [0.25, 0.3) is 0 Å². The van der Waals surface area contributed by atoms with Gasteiger partial charge in [0.1, 0.15) is 0 Å². The minimum atomic E-state index is -0.329. The molecule has 2 heterocycles. The summed E-state index contributed by atoms with van der Waals surface area (Å²) < 4.78 is 5.37. The summed E-state index contributed by atoms with van der Waals surface area (Å²) in [7, 11) is 0. The Kier molecular flexibility index (Phi) is 6.13. The molecule has 0 unspecified atom stereocenters. The van der Waals surface area contributed by atoms with Crippen molar-refractivity contribution in [2.45, 2.75) is 72.6 Å².